The zero-order valence-corrected chi connectivity index (χ0v) is 16.9. The first kappa shape index (κ1) is 26.2. The second kappa shape index (κ2) is 15.2. The summed E-state index contributed by atoms with van der Waals surface area (Å²) in [5.41, 5.74) is 2.33. The molecule has 0 rings (SSSR count). The van der Waals surface area contributed by atoms with Crippen LogP contribution in [0.5, 0.6) is 0 Å². The first-order valence-corrected chi connectivity index (χ1v) is 9.83. The van der Waals surface area contributed by atoms with Gasteiger partial charge in [0.2, 0.25) is 0 Å². The van der Waals surface area contributed by atoms with E-state index in [1.54, 1.807) is 14.2 Å². The second-order valence-electron chi connectivity index (χ2n) is 4.87. The summed E-state index contributed by atoms with van der Waals surface area (Å²) in [6, 6.07) is 0. The number of quaternary nitrogens is 1. The smallest absolute Gasteiger partial charge is 0.268 e. The van der Waals surface area contributed by atoms with E-state index in [0.29, 0.717) is 45.7 Å². The van der Waals surface area contributed by atoms with Crippen molar-refractivity contribution in [3.63, 3.8) is 0 Å². The molecule has 2 atom stereocenters. The Morgan fingerprint density at radius 3 is 2.00 bits per heavy atom. The van der Waals surface area contributed by atoms with Crippen LogP contribution in [0.2, 0.25) is 0 Å². The van der Waals surface area contributed by atoms with Crippen LogP contribution in [0.25, 0.3) is 0 Å². The van der Waals surface area contributed by atoms with E-state index in [1.807, 2.05) is 20.8 Å². The Hall–Kier alpha value is -0.0500. The molecule has 0 bridgehead atoms. The van der Waals surface area contributed by atoms with E-state index in [-0.39, 0.29) is 6.10 Å². The van der Waals surface area contributed by atoms with Gasteiger partial charge in [0.05, 0.1) is 39.6 Å². The maximum Gasteiger partial charge on any atom is 0.268 e. The fraction of sp³-hybridized carbons (Fsp3) is 1.00. The van der Waals surface area contributed by atoms with Gasteiger partial charge in [-0.25, -0.2) is 0 Å². The molecule has 9 heteroatoms. The van der Waals surface area contributed by atoms with E-state index < -0.39 is 13.4 Å². The van der Waals surface area contributed by atoms with Gasteiger partial charge >= 0.3 is 0 Å². The van der Waals surface area contributed by atoms with Crippen molar-refractivity contribution in [1.82, 2.24) is 0 Å². The molecule has 8 nitrogen and oxygen atoms in total. The molecule has 0 aliphatic rings. The van der Waals surface area contributed by atoms with Gasteiger partial charge < -0.3 is 33.9 Å². The van der Waals surface area contributed by atoms with Gasteiger partial charge in [0.15, 0.2) is 0 Å². The van der Waals surface area contributed by atoms with E-state index in [1.165, 1.54) is 0 Å². The molecule has 0 aromatic heterocycles. The minimum Gasteiger partial charge on any atom is -0.756 e. The Bertz CT molecular complexity index is 327. The predicted octanol–water partition coefficient (Wildman–Crippen LogP) is 0.993. The van der Waals surface area contributed by atoms with Gasteiger partial charge in [-0.2, -0.15) is 0 Å². The largest absolute Gasteiger partial charge is 0.756 e. The molecule has 0 aromatic rings. The first-order valence-electron chi connectivity index (χ1n) is 8.37. The van der Waals surface area contributed by atoms with Crippen molar-refractivity contribution in [1.29, 1.82) is 0 Å². The van der Waals surface area contributed by atoms with Gasteiger partial charge in [0, 0.05) is 14.2 Å². The fourth-order valence-electron chi connectivity index (χ4n) is 2.29. The van der Waals surface area contributed by atoms with Gasteiger partial charge in [0.25, 0.3) is 7.82 Å². The van der Waals surface area contributed by atoms with Crippen LogP contribution >= 0.6 is 7.82 Å². The van der Waals surface area contributed by atoms with Gasteiger partial charge in [-0.3, -0.25) is 4.57 Å². The Balaban J connectivity index is 0. The fourth-order valence-corrected chi connectivity index (χ4v) is 3.18. The van der Waals surface area contributed by atoms with Crippen LogP contribution in [-0.4, -0.2) is 59.4 Å². The van der Waals surface area contributed by atoms with E-state index >= 15 is 0 Å². The zero-order valence-electron chi connectivity index (χ0n) is 16.0. The van der Waals surface area contributed by atoms with Crippen LogP contribution in [0.4, 0.5) is 0 Å². The number of ether oxygens (including phenoxy) is 3. The third-order valence-corrected chi connectivity index (χ3v) is 4.68. The van der Waals surface area contributed by atoms with E-state index in [4.69, 9.17) is 18.7 Å². The number of rotatable bonds is 14. The minimum absolute atomic E-state index is 0.356. The lowest BCUT2D eigenvalue weighted by Crippen LogP contribution is -2.46. The first-order chi connectivity index (χ1) is 11.4. The van der Waals surface area contributed by atoms with Gasteiger partial charge in [-0.05, 0) is 19.3 Å². The molecule has 3 N–H and O–H groups in total. The Morgan fingerprint density at radius 2 is 1.58 bits per heavy atom. The van der Waals surface area contributed by atoms with Crippen molar-refractivity contribution >= 4 is 7.82 Å². The summed E-state index contributed by atoms with van der Waals surface area (Å²) >= 11 is 0. The highest BCUT2D eigenvalue weighted by atomic mass is 31.2. The highest BCUT2D eigenvalue weighted by Gasteiger charge is 2.39. The quantitative estimate of drug-likeness (QED) is 0.357. The summed E-state index contributed by atoms with van der Waals surface area (Å²) in [4.78, 5) is 11.7. The van der Waals surface area contributed by atoms with Crippen LogP contribution in [0.1, 0.15) is 40.0 Å². The number of hydrogen-bond donors (Lipinski definition) is 1. The van der Waals surface area contributed by atoms with Crippen LogP contribution in [0.15, 0.2) is 0 Å². The summed E-state index contributed by atoms with van der Waals surface area (Å²) in [6.07, 6.45) is 1.28. The Morgan fingerprint density at radius 1 is 1.04 bits per heavy atom. The molecule has 0 aliphatic heterocycles. The predicted molar refractivity (Wildman–Crippen MR) is 90.6 cm³/mol. The molecular formula is C15H36NO7P. The van der Waals surface area contributed by atoms with E-state index in [2.05, 4.69) is 10.3 Å². The summed E-state index contributed by atoms with van der Waals surface area (Å²) in [7, 11) is 0.125. The van der Waals surface area contributed by atoms with Gasteiger partial charge in [0.1, 0.15) is 5.60 Å². The maximum atomic E-state index is 11.7. The zero-order chi connectivity index (χ0) is 19.1. The van der Waals surface area contributed by atoms with E-state index in [0.717, 1.165) is 7.11 Å². The molecule has 0 fully saturated rings. The molecule has 0 aliphatic carbocycles. The summed E-state index contributed by atoms with van der Waals surface area (Å²) in [5.74, 6) is 0. The van der Waals surface area contributed by atoms with Crippen molar-refractivity contribution in [3.8, 4) is 0 Å². The van der Waals surface area contributed by atoms with Crippen LogP contribution in [0.3, 0.4) is 0 Å². The van der Waals surface area contributed by atoms with Crippen LogP contribution in [-0.2, 0) is 27.8 Å². The van der Waals surface area contributed by atoms with Crippen molar-refractivity contribution in [2.24, 2.45) is 0 Å². The number of hydrogen-bond acceptors (Lipinski definition) is 7. The van der Waals surface area contributed by atoms with E-state index in [9.17, 15) is 9.46 Å². The van der Waals surface area contributed by atoms with Crippen molar-refractivity contribution in [2.75, 3.05) is 47.7 Å². The summed E-state index contributed by atoms with van der Waals surface area (Å²) < 4.78 is 37.5. The molecule has 0 heterocycles. The third-order valence-electron chi connectivity index (χ3n) is 3.65. The van der Waals surface area contributed by atoms with Crippen molar-refractivity contribution in [2.45, 2.75) is 51.7 Å². The maximum absolute atomic E-state index is 11.7. The monoisotopic (exact) mass is 373 g/mol. The molecular weight excluding hydrogens is 337 g/mol. The van der Waals surface area contributed by atoms with Crippen molar-refractivity contribution < 1.29 is 38.5 Å². The molecule has 24 heavy (non-hydrogen) atoms. The third kappa shape index (κ3) is 10.1. The molecule has 0 spiro atoms. The normalized spacial score (nSPS) is 15.3. The standard InChI is InChI=1S/C14H31O7P.CH5N/c1-6-13(20-12-11-19-10-9-17-4)14(7-2,8-3)21-22(15,16)18-5;1-2/h13H,6-12H2,1-5H3,(H,15,16);2H2,1H3. The average molecular weight is 373 g/mol. The lowest BCUT2D eigenvalue weighted by molar-refractivity contribution is -0.325. The SMILES string of the molecule is CCC(OCCOCCOC)C(CC)(CC)OP(=O)([O-])OC.C[NH3+]. The highest BCUT2D eigenvalue weighted by Crippen LogP contribution is 2.46. The van der Waals surface area contributed by atoms with Crippen molar-refractivity contribution in [3.05, 3.63) is 0 Å². The van der Waals surface area contributed by atoms with Gasteiger partial charge in [-0.1, -0.05) is 20.8 Å². The molecule has 0 aromatic carbocycles. The Kier molecular flexibility index (Phi) is 16.6. The summed E-state index contributed by atoms with van der Waals surface area (Å²) in [5, 5.41) is 0. The van der Waals surface area contributed by atoms with Crippen LogP contribution in [0, 0.1) is 0 Å². The number of methoxy groups -OCH3 is 1. The average Bonchev–Trinajstić information content (AvgIpc) is 2.61. The number of phosphoric ester groups is 1. The topological polar surface area (TPSA) is 114 Å². The highest BCUT2D eigenvalue weighted by molar-refractivity contribution is 7.45. The lowest BCUT2D eigenvalue weighted by Gasteiger charge is -2.42. The minimum atomic E-state index is -4.33. The molecule has 0 saturated heterocycles. The molecule has 0 amide bonds. The lowest BCUT2D eigenvalue weighted by atomic mass is 9.89. The molecule has 0 radical (unpaired) electrons. The Labute approximate surface area is 146 Å². The molecule has 148 valence electrons. The molecule has 0 saturated carbocycles. The summed E-state index contributed by atoms with van der Waals surface area (Å²) in [6.45, 7) is 7.50. The number of phosphoric acid groups is 1. The van der Waals surface area contributed by atoms with Gasteiger partial charge in [-0.15, -0.1) is 0 Å². The van der Waals surface area contributed by atoms with Crippen LogP contribution < -0.4 is 10.6 Å². The second-order valence-corrected chi connectivity index (χ2v) is 6.31. The molecule has 2 unspecified atom stereocenters.